The van der Waals surface area contributed by atoms with E-state index in [4.69, 9.17) is 18.9 Å². The maximum absolute atomic E-state index is 12.5. The molecule has 0 aromatic heterocycles. The van der Waals surface area contributed by atoms with Crippen molar-refractivity contribution >= 4 is 29.2 Å². The Morgan fingerprint density at radius 2 is 1.61 bits per heavy atom. The van der Waals surface area contributed by atoms with E-state index in [1.54, 1.807) is 43.5 Å². The lowest BCUT2D eigenvalue weighted by Crippen LogP contribution is -2.30. The average Bonchev–Trinajstić information content (AvgIpc) is 2.88. The zero-order chi connectivity index (χ0) is 26.1. The number of esters is 1. The largest absolute Gasteiger partial charge is 0.497 e. The molecule has 3 aromatic rings. The van der Waals surface area contributed by atoms with Gasteiger partial charge in [-0.1, -0.05) is 12.1 Å². The molecule has 188 valence electrons. The third kappa shape index (κ3) is 7.23. The maximum atomic E-state index is 12.5. The van der Waals surface area contributed by atoms with Crippen LogP contribution in [0.25, 0.3) is 0 Å². The molecular weight excluding hydrogens is 464 g/mol. The van der Waals surface area contributed by atoms with E-state index in [2.05, 4.69) is 10.6 Å². The highest BCUT2D eigenvalue weighted by Gasteiger charge is 2.20. The Morgan fingerprint density at radius 1 is 0.861 bits per heavy atom. The predicted molar refractivity (Wildman–Crippen MR) is 135 cm³/mol. The number of nitrogens with one attached hydrogen (secondary N) is 2. The molecule has 0 aliphatic heterocycles. The van der Waals surface area contributed by atoms with Crippen LogP contribution in [0.2, 0.25) is 0 Å². The number of hydrogen-bond donors (Lipinski definition) is 2. The molecule has 9 nitrogen and oxygen atoms in total. The smallest absolute Gasteiger partial charge is 0.338 e. The van der Waals surface area contributed by atoms with E-state index < -0.39 is 18.0 Å². The van der Waals surface area contributed by atoms with Crippen LogP contribution < -0.4 is 24.8 Å². The first-order chi connectivity index (χ1) is 17.3. The molecule has 2 amide bonds. The zero-order valence-corrected chi connectivity index (χ0v) is 20.5. The number of hydrogen-bond acceptors (Lipinski definition) is 7. The summed E-state index contributed by atoms with van der Waals surface area (Å²) < 4.78 is 21.1. The predicted octanol–water partition coefficient (Wildman–Crippen LogP) is 4.21. The molecule has 0 radical (unpaired) electrons. The number of benzene rings is 3. The van der Waals surface area contributed by atoms with Gasteiger partial charge in [0.25, 0.3) is 11.8 Å². The number of carbonyl (C=O) groups excluding carboxylic acids is 3. The molecule has 1 unspecified atom stereocenters. The fourth-order valence-corrected chi connectivity index (χ4v) is 3.17. The van der Waals surface area contributed by atoms with Crippen molar-refractivity contribution in [1.29, 1.82) is 0 Å². The van der Waals surface area contributed by atoms with E-state index in [9.17, 15) is 14.4 Å². The van der Waals surface area contributed by atoms with Gasteiger partial charge in [-0.25, -0.2) is 4.79 Å². The van der Waals surface area contributed by atoms with Gasteiger partial charge >= 0.3 is 5.97 Å². The summed E-state index contributed by atoms with van der Waals surface area (Å²) in [7, 11) is 3.05. The molecule has 0 aliphatic rings. The topological polar surface area (TPSA) is 112 Å². The summed E-state index contributed by atoms with van der Waals surface area (Å²) in [5.41, 5.74) is 2.24. The minimum Gasteiger partial charge on any atom is -0.497 e. The van der Waals surface area contributed by atoms with Crippen LogP contribution in [0.1, 0.15) is 22.8 Å². The lowest BCUT2D eigenvalue weighted by molar-refractivity contribution is -0.123. The van der Waals surface area contributed by atoms with E-state index in [0.29, 0.717) is 28.6 Å². The molecule has 0 aliphatic carbocycles. The van der Waals surface area contributed by atoms with Crippen LogP contribution in [0.5, 0.6) is 17.2 Å². The third-order valence-electron chi connectivity index (χ3n) is 5.08. The second kappa shape index (κ2) is 12.3. The van der Waals surface area contributed by atoms with Crippen LogP contribution in [-0.2, 0) is 14.3 Å². The van der Waals surface area contributed by atoms with Crippen molar-refractivity contribution in [2.45, 2.75) is 20.0 Å². The van der Waals surface area contributed by atoms with Gasteiger partial charge in [0.15, 0.2) is 12.7 Å². The van der Waals surface area contributed by atoms with E-state index >= 15 is 0 Å². The lowest BCUT2D eigenvalue weighted by atomic mass is 10.2. The van der Waals surface area contributed by atoms with Crippen LogP contribution in [0.15, 0.2) is 66.7 Å². The molecule has 0 fully saturated rings. The maximum Gasteiger partial charge on any atom is 0.338 e. The van der Waals surface area contributed by atoms with Gasteiger partial charge in [-0.15, -0.1) is 0 Å². The van der Waals surface area contributed by atoms with Gasteiger partial charge < -0.3 is 29.6 Å². The summed E-state index contributed by atoms with van der Waals surface area (Å²) >= 11 is 0. The Bertz CT molecular complexity index is 1230. The summed E-state index contributed by atoms with van der Waals surface area (Å²) in [6.07, 6.45) is -1.04. The molecule has 0 bridgehead atoms. The Balaban J connectivity index is 1.50. The number of methoxy groups -OCH3 is 2. The van der Waals surface area contributed by atoms with E-state index in [-0.39, 0.29) is 18.1 Å². The first-order valence-electron chi connectivity index (χ1n) is 11.1. The minimum atomic E-state index is -1.04. The van der Waals surface area contributed by atoms with Gasteiger partial charge in [-0.05, 0) is 67.9 Å². The van der Waals surface area contributed by atoms with Crippen molar-refractivity contribution in [2.75, 3.05) is 31.5 Å². The van der Waals surface area contributed by atoms with Crippen LogP contribution in [0, 0.1) is 6.92 Å². The molecule has 3 aromatic carbocycles. The number of rotatable bonds is 10. The summed E-state index contributed by atoms with van der Waals surface area (Å²) in [4.78, 5) is 37.1. The molecular formula is C27H28N2O7. The Kier molecular flexibility index (Phi) is 8.88. The molecule has 0 saturated heterocycles. The molecule has 1 atom stereocenters. The first kappa shape index (κ1) is 26.1. The highest BCUT2D eigenvalue weighted by atomic mass is 16.5. The van der Waals surface area contributed by atoms with Gasteiger partial charge in [-0.3, -0.25) is 9.59 Å². The van der Waals surface area contributed by atoms with Crippen LogP contribution in [0.4, 0.5) is 11.4 Å². The second-order valence-electron chi connectivity index (χ2n) is 7.83. The van der Waals surface area contributed by atoms with Crippen molar-refractivity contribution in [2.24, 2.45) is 0 Å². The summed E-state index contributed by atoms with van der Waals surface area (Å²) in [6.45, 7) is 3.15. The molecule has 3 rings (SSSR count). The van der Waals surface area contributed by atoms with Gasteiger partial charge in [0.2, 0.25) is 0 Å². The fraction of sp³-hybridized carbons (Fsp3) is 0.222. The van der Waals surface area contributed by atoms with Gasteiger partial charge in [0.05, 0.1) is 25.5 Å². The van der Waals surface area contributed by atoms with Crippen molar-refractivity contribution in [3.63, 3.8) is 0 Å². The third-order valence-corrected chi connectivity index (χ3v) is 5.08. The molecule has 2 N–H and O–H groups in total. The Hall–Kier alpha value is -4.53. The number of aryl methyl sites for hydroxylation is 1. The molecule has 0 spiro atoms. The normalized spacial score (nSPS) is 11.1. The number of ether oxygens (including phenoxy) is 4. The van der Waals surface area contributed by atoms with Crippen LogP contribution in [-0.4, -0.2) is 44.7 Å². The van der Waals surface area contributed by atoms with Gasteiger partial charge in [-0.2, -0.15) is 0 Å². The molecule has 36 heavy (non-hydrogen) atoms. The first-order valence-corrected chi connectivity index (χ1v) is 11.1. The lowest BCUT2D eigenvalue weighted by Gasteiger charge is -2.16. The van der Waals surface area contributed by atoms with E-state index in [1.165, 1.54) is 38.3 Å². The highest BCUT2D eigenvalue weighted by Crippen LogP contribution is 2.25. The second-order valence-corrected chi connectivity index (χ2v) is 7.83. The minimum absolute atomic E-state index is 0.222. The number of carbonyl (C=O) groups is 3. The molecule has 9 heteroatoms. The summed E-state index contributed by atoms with van der Waals surface area (Å²) in [6, 6.07) is 18.4. The quantitative estimate of drug-likeness (QED) is 0.408. The van der Waals surface area contributed by atoms with Crippen molar-refractivity contribution in [3.05, 3.63) is 77.9 Å². The Morgan fingerprint density at radius 3 is 2.31 bits per heavy atom. The number of anilines is 2. The number of amides is 2. The SMILES string of the molecule is COc1cccc(NC(=O)COc2ccc(C(=O)OC(C)C(=O)Nc3cc(C)ccc3OC)cc2)c1. The highest BCUT2D eigenvalue weighted by molar-refractivity contribution is 5.98. The van der Waals surface area contributed by atoms with Gasteiger partial charge in [0.1, 0.15) is 17.2 Å². The van der Waals surface area contributed by atoms with Crippen molar-refractivity contribution in [1.82, 2.24) is 0 Å². The molecule has 0 saturated carbocycles. The molecule has 0 heterocycles. The van der Waals surface area contributed by atoms with Crippen molar-refractivity contribution in [3.8, 4) is 17.2 Å². The van der Waals surface area contributed by atoms with Crippen LogP contribution >= 0.6 is 0 Å². The Labute approximate surface area is 209 Å². The van der Waals surface area contributed by atoms with Crippen LogP contribution in [0.3, 0.4) is 0 Å². The fourth-order valence-electron chi connectivity index (χ4n) is 3.17. The standard InChI is InChI=1S/C27H28N2O7/c1-17-8-13-24(34-4)23(14-17)29-26(31)18(2)36-27(32)19-9-11-21(12-10-19)35-16-25(30)28-20-6-5-7-22(15-20)33-3/h5-15,18H,16H2,1-4H3,(H,28,30)(H,29,31). The zero-order valence-electron chi connectivity index (χ0n) is 20.5. The van der Waals surface area contributed by atoms with Gasteiger partial charge in [0, 0.05) is 11.8 Å². The van der Waals surface area contributed by atoms with E-state index in [0.717, 1.165) is 5.56 Å². The van der Waals surface area contributed by atoms with Crippen molar-refractivity contribution < 1.29 is 33.3 Å². The summed E-state index contributed by atoms with van der Waals surface area (Å²) in [5, 5.41) is 5.43. The summed E-state index contributed by atoms with van der Waals surface area (Å²) in [5.74, 6) is 0.00467. The van der Waals surface area contributed by atoms with E-state index in [1.807, 2.05) is 13.0 Å². The monoisotopic (exact) mass is 492 g/mol. The average molecular weight is 493 g/mol.